The number of amides is 2. The van der Waals surface area contributed by atoms with E-state index in [9.17, 15) is 9.59 Å². The Morgan fingerprint density at radius 3 is 2.36 bits per heavy atom. The van der Waals surface area contributed by atoms with E-state index in [4.69, 9.17) is 16.0 Å². The molecule has 0 bridgehead atoms. The van der Waals surface area contributed by atoms with Gasteiger partial charge >= 0.3 is 0 Å². The molecule has 2 heterocycles. The molecule has 2 aromatic rings. The highest BCUT2D eigenvalue weighted by Gasteiger charge is 2.43. The third kappa shape index (κ3) is 3.68. The lowest BCUT2D eigenvalue weighted by Crippen LogP contribution is -2.51. The molecule has 1 aromatic carbocycles. The van der Waals surface area contributed by atoms with Crippen LogP contribution in [-0.2, 0) is 10.2 Å². The van der Waals surface area contributed by atoms with Crippen molar-refractivity contribution in [2.45, 2.75) is 50.0 Å². The summed E-state index contributed by atoms with van der Waals surface area (Å²) in [5, 5.41) is 3.97. The Bertz CT molecular complexity index is 818. The first-order valence-corrected chi connectivity index (χ1v) is 10.3. The number of hydrogen-bond acceptors (Lipinski definition) is 3. The number of nitrogens with one attached hydrogen (secondary N) is 1. The summed E-state index contributed by atoms with van der Waals surface area (Å²) in [5.74, 6) is 0.110. The van der Waals surface area contributed by atoms with Gasteiger partial charge in [0.1, 0.15) is 6.26 Å². The Hall–Kier alpha value is -2.27. The summed E-state index contributed by atoms with van der Waals surface area (Å²) in [7, 11) is 0. The molecular formula is C22H25ClN2O3. The first-order valence-electron chi connectivity index (χ1n) is 9.97. The molecule has 1 aliphatic carbocycles. The second-order valence-electron chi connectivity index (χ2n) is 7.85. The van der Waals surface area contributed by atoms with Crippen molar-refractivity contribution < 1.29 is 14.0 Å². The van der Waals surface area contributed by atoms with Gasteiger partial charge < -0.3 is 14.6 Å². The van der Waals surface area contributed by atoms with Crippen LogP contribution in [0.4, 0.5) is 0 Å². The zero-order valence-electron chi connectivity index (χ0n) is 15.8. The van der Waals surface area contributed by atoms with Crippen molar-refractivity contribution in [3.8, 4) is 0 Å². The highest BCUT2D eigenvalue weighted by atomic mass is 35.5. The van der Waals surface area contributed by atoms with Gasteiger partial charge in [-0.15, -0.1) is 0 Å². The van der Waals surface area contributed by atoms with Crippen molar-refractivity contribution in [3.05, 3.63) is 59.0 Å². The lowest BCUT2D eigenvalue weighted by Gasteiger charge is -2.35. The topological polar surface area (TPSA) is 62.6 Å². The average molecular weight is 401 g/mol. The van der Waals surface area contributed by atoms with Gasteiger partial charge in [0.2, 0.25) is 5.91 Å². The van der Waals surface area contributed by atoms with E-state index in [1.165, 1.54) is 12.5 Å². The molecule has 2 aliphatic rings. The molecule has 0 radical (unpaired) electrons. The summed E-state index contributed by atoms with van der Waals surface area (Å²) in [6, 6.07) is 9.49. The van der Waals surface area contributed by atoms with Gasteiger partial charge in [-0.1, -0.05) is 36.6 Å². The Morgan fingerprint density at radius 2 is 1.75 bits per heavy atom. The fourth-order valence-electron chi connectivity index (χ4n) is 4.51. The maximum absolute atomic E-state index is 13.3. The SMILES string of the molecule is O=C(c1ccoc1)N1CCC(NC(=O)C2(c3ccc(Cl)cc3)CCCC2)CC1. The van der Waals surface area contributed by atoms with E-state index in [-0.39, 0.29) is 17.9 Å². The normalized spacial score (nSPS) is 19.5. The number of halogens is 1. The lowest BCUT2D eigenvalue weighted by atomic mass is 9.77. The fourth-order valence-corrected chi connectivity index (χ4v) is 4.64. The molecule has 4 rings (SSSR count). The molecule has 1 aliphatic heterocycles. The van der Waals surface area contributed by atoms with Crippen molar-refractivity contribution in [1.29, 1.82) is 0 Å². The Kier molecular flexibility index (Phi) is 5.44. The minimum Gasteiger partial charge on any atom is -0.472 e. The molecule has 1 saturated heterocycles. The van der Waals surface area contributed by atoms with Crippen LogP contribution in [0.3, 0.4) is 0 Å². The molecule has 5 nitrogen and oxygen atoms in total. The minimum atomic E-state index is -0.450. The van der Waals surface area contributed by atoms with E-state index < -0.39 is 5.41 Å². The van der Waals surface area contributed by atoms with Crippen molar-refractivity contribution in [2.75, 3.05) is 13.1 Å². The quantitative estimate of drug-likeness (QED) is 0.837. The third-order valence-electron chi connectivity index (χ3n) is 6.17. The third-order valence-corrected chi connectivity index (χ3v) is 6.43. The van der Waals surface area contributed by atoms with Crippen LogP contribution in [0.5, 0.6) is 0 Å². The maximum Gasteiger partial charge on any atom is 0.257 e. The zero-order valence-corrected chi connectivity index (χ0v) is 16.6. The maximum atomic E-state index is 13.3. The standard InChI is InChI=1S/C22H25ClN2O3/c23-18-5-3-17(4-6-18)22(10-1-2-11-22)21(27)24-19-7-12-25(13-8-19)20(26)16-9-14-28-15-16/h3-6,9,14-15,19H,1-2,7-8,10-13H2,(H,24,27). The number of carbonyl (C=O) groups excluding carboxylic acids is 2. The molecule has 1 saturated carbocycles. The number of carbonyl (C=O) groups is 2. The largest absolute Gasteiger partial charge is 0.472 e. The summed E-state index contributed by atoms with van der Waals surface area (Å²) in [4.78, 5) is 27.5. The predicted octanol–water partition coefficient (Wildman–Crippen LogP) is 4.17. The first kappa shape index (κ1) is 19.1. The van der Waals surface area contributed by atoms with Crippen LogP contribution < -0.4 is 5.32 Å². The zero-order chi connectivity index (χ0) is 19.6. The predicted molar refractivity (Wildman–Crippen MR) is 107 cm³/mol. The van der Waals surface area contributed by atoms with E-state index in [1.54, 1.807) is 6.07 Å². The fraction of sp³-hybridized carbons (Fsp3) is 0.455. The molecule has 0 unspecified atom stereocenters. The molecule has 1 aromatic heterocycles. The van der Waals surface area contributed by atoms with Gasteiger partial charge in [-0.3, -0.25) is 9.59 Å². The number of likely N-dealkylation sites (tertiary alicyclic amines) is 1. The Balaban J connectivity index is 1.39. The van der Waals surface area contributed by atoms with Crippen molar-refractivity contribution in [2.24, 2.45) is 0 Å². The second kappa shape index (κ2) is 8.00. The van der Waals surface area contributed by atoms with Gasteiger partial charge in [0.25, 0.3) is 5.91 Å². The number of benzene rings is 1. The summed E-state index contributed by atoms with van der Waals surface area (Å²) < 4.78 is 5.00. The highest BCUT2D eigenvalue weighted by molar-refractivity contribution is 6.30. The lowest BCUT2D eigenvalue weighted by molar-refractivity contribution is -0.127. The van der Waals surface area contributed by atoms with E-state index in [1.807, 2.05) is 29.2 Å². The van der Waals surface area contributed by atoms with Crippen LogP contribution in [0.25, 0.3) is 0 Å². The number of furan rings is 1. The van der Waals surface area contributed by atoms with Gasteiger partial charge in [-0.25, -0.2) is 0 Å². The van der Waals surface area contributed by atoms with E-state index in [0.29, 0.717) is 23.7 Å². The molecule has 2 fully saturated rings. The van der Waals surface area contributed by atoms with E-state index >= 15 is 0 Å². The average Bonchev–Trinajstić information content (AvgIpc) is 3.41. The monoisotopic (exact) mass is 400 g/mol. The Morgan fingerprint density at radius 1 is 1.07 bits per heavy atom. The highest BCUT2D eigenvalue weighted by Crippen LogP contribution is 2.42. The molecule has 28 heavy (non-hydrogen) atoms. The van der Waals surface area contributed by atoms with Crippen molar-refractivity contribution in [1.82, 2.24) is 10.2 Å². The van der Waals surface area contributed by atoms with Crippen LogP contribution in [0.15, 0.2) is 47.3 Å². The van der Waals surface area contributed by atoms with E-state index in [2.05, 4.69) is 5.32 Å². The number of rotatable bonds is 4. The van der Waals surface area contributed by atoms with Gasteiger partial charge in [-0.2, -0.15) is 0 Å². The minimum absolute atomic E-state index is 0.00745. The van der Waals surface area contributed by atoms with Crippen LogP contribution in [-0.4, -0.2) is 35.8 Å². The summed E-state index contributed by atoms with van der Waals surface area (Å²) in [6.45, 7) is 1.28. The summed E-state index contributed by atoms with van der Waals surface area (Å²) in [6.07, 6.45) is 8.40. The second-order valence-corrected chi connectivity index (χ2v) is 8.28. The summed E-state index contributed by atoms with van der Waals surface area (Å²) in [5.41, 5.74) is 1.18. The van der Waals surface area contributed by atoms with Crippen LogP contribution >= 0.6 is 11.6 Å². The molecule has 0 atom stereocenters. The van der Waals surface area contributed by atoms with Gasteiger partial charge in [-0.05, 0) is 49.4 Å². The number of piperidine rings is 1. The molecule has 1 N–H and O–H groups in total. The van der Waals surface area contributed by atoms with Gasteiger partial charge in [0, 0.05) is 24.2 Å². The molecule has 6 heteroatoms. The van der Waals surface area contributed by atoms with Gasteiger partial charge in [0.15, 0.2) is 0 Å². The Labute approximate surface area is 170 Å². The first-order chi connectivity index (χ1) is 13.6. The smallest absolute Gasteiger partial charge is 0.257 e. The van der Waals surface area contributed by atoms with Crippen molar-refractivity contribution in [3.63, 3.8) is 0 Å². The molecular weight excluding hydrogens is 376 g/mol. The van der Waals surface area contributed by atoms with Crippen LogP contribution in [0.1, 0.15) is 54.4 Å². The number of hydrogen-bond donors (Lipinski definition) is 1. The number of nitrogens with zero attached hydrogens (tertiary/aromatic N) is 1. The van der Waals surface area contributed by atoms with Crippen molar-refractivity contribution >= 4 is 23.4 Å². The van der Waals surface area contributed by atoms with Gasteiger partial charge in [0.05, 0.1) is 17.2 Å². The molecule has 0 spiro atoms. The molecule has 2 amide bonds. The van der Waals surface area contributed by atoms with Crippen LogP contribution in [0, 0.1) is 0 Å². The van der Waals surface area contributed by atoms with E-state index in [0.717, 1.165) is 44.1 Å². The van der Waals surface area contributed by atoms with Crippen LogP contribution in [0.2, 0.25) is 5.02 Å². The molecule has 148 valence electrons. The summed E-state index contributed by atoms with van der Waals surface area (Å²) >= 11 is 6.04.